The summed E-state index contributed by atoms with van der Waals surface area (Å²) in [7, 11) is 0. The van der Waals surface area contributed by atoms with Crippen molar-refractivity contribution in [3.8, 4) is 0 Å². The average molecular weight is 406 g/mol. The van der Waals surface area contributed by atoms with E-state index >= 15 is 0 Å². The molecule has 1 N–H and O–H groups in total. The Balaban J connectivity index is 1.60. The molecule has 0 unspecified atom stereocenters. The number of hydrogen-bond donors (Lipinski definition) is 1. The summed E-state index contributed by atoms with van der Waals surface area (Å²) in [5.41, 5.74) is 0.571. The van der Waals surface area contributed by atoms with Crippen molar-refractivity contribution in [2.45, 2.75) is 6.54 Å². The van der Waals surface area contributed by atoms with E-state index in [1.165, 1.54) is 18.2 Å². The fourth-order valence-corrected chi connectivity index (χ4v) is 2.71. The number of esters is 1. The van der Waals surface area contributed by atoms with Crippen LogP contribution in [0.1, 0.15) is 16.1 Å². The summed E-state index contributed by atoms with van der Waals surface area (Å²) in [5.74, 6) is -1.71. The highest BCUT2D eigenvalue weighted by molar-refractivity contribution is 6.31. The predicted octanol–water partition coefficient (Wildman–Crippen LogP) is 3.57. The SMILES string of the molecule is O=C(COC(=O)c1cc(=O)c2cc(Cl)ccc2o1)NCc1cccc(Cl)c1. The molecular weight excluding hydrogens is 393 g/mol. The number of carbonyl (C=O) groups excluding carboxylic acids is 2. The lowest BCUT2D eigenvalue weighted by Crippen LogP contribution is -2.28. The van der Waals surface area contributed by atoms with Crippen LogP contribution in [-0.4, -0.2) is 18.5 Å². The lowest BCUT2D eigenvalue weighted by molar-refractivity contribution is -0.124. The van der Waals surface area contributed by atoms with Crippen molar-refractivity contribution >= 4 is 46.0 Å². The van der Waals surface area contributed by atoms with Crippen LogP contribution in [0.15, 0.2) is 57.7 Å². The lowest BCUT2D eigenvalue weighted by Gasteiger charge is -2.07. The first-order valence-corrected chi connectivity index (χ1v) is 8.59. The molecule has 0 radical (unpaired) electrons. The third kappa shape index (κ3) is 4.87. The van der Waals surface area contributed by atoms with Gasteiger partial charge in [0.25, 0.3) is 5.91 Å². The summed E-state index contributed by atoms with van der Waals surface area (Å²) in [4.78, 5) is 35.9. The van der Waals surface area contributed by atoms with Gasteiger partial charge in [0.2, 0.25) is 5.76 Å². The minimum atomic E-state index is -0.915. The highest BCUT2D eigenvalue weighted by Gasteiger charge is 2.15. The first-order valence-electron chi connectivity index (χ1n) is 7.84. The fourth-order valence-electron chi connectivity index (χ4n) is 2.33. The van der Waals surface area contributed by atoms with E-state index in [9.17, 15) is 14.4 Å². The van der Waals surface area contributed by atoms with E-state index in [-0.39, 0.29) is 23.3 Å². The van der Waals surface area contributed by atoms with Crippen molar-refractivity contribution in [1.82, 2.24) is 5.32 Å². The number of rotatable bonds is 5. The highest BCUT2D eigenvalue weighted by atomic mass is 35.5. The maximum atomic E-state index is 12.1. The zero-order valence-electron chi connectivity index (χ0n) is 13.8. The molecule has 0 aliphatic carbocycles. The quantitative estimate of drug-likeness (QED) is 0.655. The number of amides is 1. The number of fused-ring (bicyclic) bond motifs is 1. The molecule has 1 amide bonds. The largest absolute Gasteiger partial charge is 0.450 e. The van der Waals surface area contributed by atoms with Gasteiger partial charge in [0, 0.05) is 22.7 Å². The van der Waals surface area contributed by atoms with Gasteiger partial charge in [0.1, 0.15) is 5.58 Å². The van der Waals surface area contributed by atoms with Crippen LogP contribution in [0.3, 0.4) is 0 Å². The molecule has 0 saturated carbocycles. The first-order chi connectivity index (χ1) is 12.9. The molecule has 1 aromatic heterocycles. The maximum absolute atomic E-state index is 12.1. The van der Waals surface area contributed by atoms with Gasteiger partial charge < -0.3 is 14.5 Å². The van der Waals surface area contributed by atoms with Crippen LogP contribution in [0.25, 0.3) is 11.0 Å². The van der Waals surface area contributed by atoms with Crippen molar-refractivity contribution in [1.29, 1.82) is 0 Å². The molecule has 0 aliphatic heterocycles. The Morgan fingerprint density at radius 1 is 1.04 bits per heavy atom. The number of nitrogens with one attached hydrogen (secondary N) is 1. The van der Waals surface area contributed by atoms with Crippen molar-refractivity contribution < 1.29 is 18.7 Å². The van der Waals surface area contributed by atoms with E-state index in [1.807, 2.05) is 0 Å². The summed E-state index contributed by atoms with van der Waals surface area (Å²) >= 11 is 11.7. The molecule has 0 saturated heterocycles. The van der Waals surface area contributed by atoms with Crippen molar-refractivity contribution in [2.75, 3.05) is 6.61 Å². The molecule has 0 spiro atoms. The molecule has 0 bridgehead atoms. The molecular formula is C19H13Cl2NO5. The molecule has 8 heteroatoms. The molecule has 3 rings (SSSR count). The van der Waals surface area contributed by atoms with Crippen LogP contribution < -0.4 is 10.7 Å². The molecule has 6 nitrogen and oxygen atoms in total. The third-order valence-corrected chi connectivity index (χ3v) is 4.07. The molecule has 2 aromatic carbocycles. The molecule has 1 heterocycles. The van der Waals surface area contributed by atoms with Gasteiger partial charge >= 0.3 is 5.97 Å². The van der Waals surface area contributed by atoms with Crippen molar-refractivity contribution in [2.24, 2.45) is 0 Å². The Kier molecular flexibility index (Phi) is 5.78. The Bertz CT molecular complexity index is 1080. The Morgan fingerprint density at radius 2 is 1.81 bits per heavy atom. The van der Waals surface area contributed by atoms with Gasteiger partial charge in [0.15, 0.2) is 12.0 Å². The Hall–Kier alpha value is -2.83. The smallest absolute Gasteiger partial charge is 0.374 e. The van der Waals surface area contributed by atoms with Crippen LogP contribution in [-0.2, 0) is 16.1 Å². The van der Waals surface area contributed by atoms with Crippen molar-refractivity contribution in [3.63, 3.8) is 0 Å². The zero-order valence-corrected chi connectivity index (χ0v) is 15.3. The zero-order chi connectivity index (χ0) is 19.4. The summed E-state index contributed by atoms with van der Waals surface area (Å²) in [5, 5.41) is 3.78. The van der Waals surface area contributed by atoms with Gasteiger partial charge in [0.05, 0.1) is 5.39 Å². The van der Waals surface area contributed by atoms with E-state index < -0.39 is 23.9 Å². The summed E-state index contributed by atoms with van der Waals surface area (Å²) < 4.78 is 10.2. The van der Waals surface area contributed by atoms with Crippen LogP contribution in [0.2, 0.25) is 10.0 Å². The van der Waals surface area contributed by atoms with Crippen molar-refractivity contribution in [3.05, 3.63) is 80.1 Å². The van der Waals surface area contributed by atoms with Gasteiger partial charge in [-0.1, -0.05) is 35.3 Å². The van der Waals surface area contributed by atoms with Gasteiger partial charge in [-0.3, -0.25) is 9.59 Å². The van der Waals surface area contributed by atoms with Crippen LogP contribution in [0.5, 0.6) is 0 Å². The van der Waals surface area contributed by atoms with Gasteiger partial charge in [-0.05, 0) is 35.9 Å². The number of ether oxygens (including phenoxy) is 1. The second-order valence-electron chi connectivity index (χ2n) is 5.60. The summed E-state index contributed by atoms with van der Waals surface area (Å²) in [6.45, 7) is -0.273. The van der Waals surface area contributed by atoms with Gasteiger partial charge in [-0.15, -0.1) is 0 Å². The van der Waals surface area contributed by atoms with Crippen LogP contribution in [0, 0.1) is 0 Å². The number of benzene rings is 2. The Labute approximate surface area is 163 Å². The molecule has 27 heavy (non-hydrogen) atoms. The third-order valence-electron chi connectivity index (χ3n) is 3.60. The van der Waals surface area contributed by atoms with E-state index in [1.54, 1.807) is 24.3 Å². The topological polar surface area (TPSA) is 85.6 Å². The van der Waals surface area contributed by atoms with E-state index in [2.05, 4.69) is 5.32 Å². The summed E-state index contributed by atoms with van der Waals surface area (Å²) in [6, 6.07) is 12.5. The first kappa shape index (κ1) is 18.9. The summed E-state index contributed by atoms with van der Waals surface area (Å²) in [6.07, 6.45) is 0. The van der Waals surface area contributed by atoms with Crippen LogP contribution >= 0.6 is 23.2 Å². The number of hydrogen-bond acceptors (Lipinski definition) is 5. The van der Waals surface area contributed by atoms with Gasteiger partial charge in [-0.2, -0.15) is 0 Å². The standard InChI is InChI=1S/C19H13Cl2NO5/c20-12-3-1-2-11(6-12)9-22-18(24)10-26-19(25)17-8-15(23)14-7-13(21)4-5-16(14)27-17/h1-8H,9-10H2,(H,22,24). The van der Waals surface area contributed by atoms with E-state index in [4.69, 9.17) is 32.4 Å². The van der Waals surface area contributed by atoms with Gasteiger partial charge in [-0.25, -0.2) is 4.79 Å². The molecule has 3 aromatic rings. The molecule has 0 aliphatic rings. The van der Waals surface area contributed by atoms with E-state index in [0.29, 0.717) is 10.0 Å². The normalized spacial score (nSPS) is 10.6. The molecule has 138 valence electrons. The minimum absolute atomic E-state index is 0.198. The predicted molar refractivity (Wildman–Crippen MR) is 101 cm³/mol. The maximum Gasteiger partial charge on any atom is 0.374 e. The second-order valence-corrected chi connectivity index (χ2v) is 6.47. The monoisotopic (exact) mass is 405 g/mol. The fraction of sp³-hybridized carbons (Fsp3) is 0.105. The Morgan fingerprint density at radius 3 is 2.59 bits per heavy atom. The molecule has 0 atom stereocenters. The highest BCUT2D eigenvalue weighted by Crippen LogP contribution is 2.18. The van der Waals surface area contributed by atoms with Crippen LogP contribution in [0.4, 0.5) is 0 Å². The number of carbonyl (C=O) groups is 2. The second kappa shape index (κ2) is 8.24. The van der Waals surface area contributed by atoms with E-state index in [0.717, 1.165) is 11.6 Å². The minimum Gasteiger partial charge on any atom is -0.450 e. The lowest BCUT2D eigenvalue weighted by atomic mass is 10.2. The average Bonchev–Trinajstić information content (AvgIpc) is 2.65. The number of halogens is 2. The molecule has 0 fully saturated rings.